The molecule has 0 aliphatic heterocycles. The molecule has 0 fully saturated rings. The number of carbonyl (C=O) groups is 1. The Kier molecular flexibility index (Phi) is 4.13. The molecule has 0 spiro atoms. The third kappa shape index (κ3) is 3.13. The van der Waals surface area contributed by atoms with Crippen molar-refractivity contribution in [3.63, 3.8) is 0 Å². The van der Waals surface area contributed by atoms with Gasteiger partial charge in [-0.15, -0.1) is 0 Å². The minimum absolute atomic E-state index is 0.134. The molecule has 88 valence electrons. The van der Waals surface area contributed by atoms with Crippen molar-refractivity contribution in [1.29, 1.82) is 0 Å². The topological polar surface area (TPSA) is 78.6 Å². The number of nitrogens with two attached hydrogens (primary N) is 1. The molecule has 16 heavy (non-hydrogen) atoms. The first-order valence-corrected chi connectivity index (χ1v) is 5.02. The predicted octanol–water partition coefficient (Wildman–Crippen LogP) is 0.940. The van der Waals surface area contributed by atoms with Gasteiger partial charge in [0, 0.05) is 13.1 Å². The fraction of sp³-hybridized carbons (Fsp3) is 0.364. The quantitative estimate of drug-likeness (QED) is 0.647. The number of hydrogen-bond acceptors (Lipinski definition) is 4. The van der Waals surface area contributed by atoms with Crippen LogP contribution in [0.1, 0.15) is 10.4 Å². The Bertz CT molecular complexity index is 377. The highest BCUT2D eigenvalue weighted by Gasteiger charge is 2.10. The Morgan fingerprint density at radius 2 is 2.19 bits per heavy atom. The Morgan fingerprint density at radius 1 is 1.50 bits per heavy atom. The Hall–Kier alpha value is -1.75. The number of aromatic carboxylic acids is 1. The second-order valence-corrected chi connectivity index (χ2v) is 3.80. The Balaban J connectivity index is 2.73. The van der Waals surface area contributed by atoms with Gasteiger partial charge in [0.1, 0.15) is 0 Å². The van der Waals surface area contributed by atoms with E-state index in [9.17, 15) is 4.79 Å². The third-order valence-electron chi connectivity index (χ3n) is 2.21. The summed E-state index contributed by atoms with van der Waals surface area (Å²) in [4.78, 5) is 12.9. The highest BCUT2D eigenvalue weighted by atomic mass is 16.4. The zero-order valence-electron chi connectivity index (χ0n) is 9.53. The van der Waals surface area contributed by atoms with Crippen molar-refractivity contribution in [2.24, 2.45) is 0 Å². The lowest BCUT2D eigenvalue weighted by molar-refractivity contribution is 0.0698. The molecule has 0 radical (unpaired) electrons. The molecule has 0 bridgehead atoms. The molecule has 0 amide bonds. The third-order valence-corrected chi connectivity index (χ3v) is 2.21. The Morgan fingerprint density at radius 3 is 2.75 bits per heavy atom. The average molecular weight is 223 g/mol. The zero-order chi connectivity index (χ0) is 12.1. The van der Waals surface area contributed by atoms with Crippen LogP contribution in [0.4, 0.5) is 11.4 Å². The second-order valence-electron chi connectivity index (χ2n) is 3.80. The molecule has 0 atom stereocenters. The van der Waals surface area contributed by atoms with Crippen molar-refractivity contribution >= 4 is 17.3 Å². The van der Waals surface area contributed by atoms with E-state index in [2.05, 4.69) is 5.32 Å². The van der Waals surface area contributed by atoms with Crippen LogP contribution in [0.3, 0.4) is 0 Å². The lowest BCUT2D eigenvalue weighted by Crippen LogP contribution is -2.21. The number of para-hydroxylation sites is 1. The van der Waals surface area contributed by atoms with Crippen LogP contribution in [0.2, 0.25) is 0 Å². The summed E-state index contributed by atoms with van der Waals surface area (Å²) < 4.78 is 0. The van der Waals surface area contributed by atoms with Crippen molar-refractivity contribution in [3.8, 4) is 0 Å². The van der Waals surface area contributed by atoms with Crippen molar-refractivity contribution in [1.82, 2.24) is 4.90 Å². The van der Waals surface area contributed by atoms with E-state index in [0.29, 0.717) is 5.69 Å². The summed E-state index contributed by atoms with van der Waals surface area (Å²) in [7, 11) is 3.94. The SMILES string of the molecule is CN(C)CCNc1cccc(C(=O)O)c1N. The Labute approximate surface area is 94.9 Å². The monoisotopic (exact) mass is 223 g/mol. The van der Waals surface area contributed by atoms with E-state index in [1.165, 1.54) is 6.07 Å². The second kappa shape index (κ2) is 5.37. The number of hydrogen-bond donors (Lipinski definition) is 3. The molecule has 1 aromatic rings. The van der Waals surface area contributed by atoms with Crippen LogP contribution < -0.4 is 11.1 Å². The minimum atomic E-state index is -1.01. The summed E-state index contributed by atoms with van der Waals surface area (Å²) in [5, 5.41) is 12.0. The number of nitrogens with one attached hydrogen (secondary N) is 1. The first-order chi connectivity index (χ1) is 7.52. The average Bonchev–Trinajstić information content (AvgIpc) is 2.19. The van der Waals surface area contributed by atoms with Gasteiger partial charge in [-0.05, 0) is 26.2 Å². The molecule has 0 heterocycles. The fourth-order valence-corrected chi connectivity index (χ4v) is 1.32. The number of likely N-dealkylation sites (N-methyl/N-ethyl adjacent to an activating group) is 1. The van der Waals surface area contributed by atoms with Crippen molar-refractivity contribution in [3.05, 3.63) is 23.8 Å². The van der Waals surface area contributed by atoms with Crippen molar-refractivity contribution in [2.45, 2.75) is 0 Å². The summed E-state index contributed by atoms with van der Waals surface area (Å²) in [6.07, 6.45) is 0. The number of carboxylic acid groups (broad SMARTS) is 1. The minimum Gasteiger partial charge on any atom is -0.478 e. The number of nitrogen functional groups attached to an aromatic ring is 1. The van der Waals surface area contributed by atoms with Gasteiger partial charge in [-0.1, -0.05) is 6.07 Å². The van der Waals surface area contributed by atoms with Crippen LogP contribution in [-0.4, -0.2) is 43.2 Å². The molecule has 0 aromatic heterocycles. The molecule has 4 N–H and O–H groups in total. The number of benzene rings is 1. The first-order valence-electron chi connectivity index (χ1n) is 5.02. The molecule has 5 nitrogen and oxygen atoms in total. The maximum Gasteiger partial charge on any atom is 0.337 e. The predicted molar refractivity (Wildman–Crippen MR) is 64.9 cm³/mol. The van der Waals surface area contributed by atoms with E-state index in [1.807, 2.05) is 19.0 Å². The summed E-state index contributed by atoms with van der Waals surface area (Å²) in [6, 6.07) is 4.95. The number of carboxylic acids is 1. The molecule has 1 aromatic carbocycles. The largest absolute Gasteiger partial charge is 0.478 e. The molecule has 1 rings (SSSR count). The number of nitrogens with zero attached hydrogens (tertiary/aromatic N) is 1. The maximum absolute atomic E-state index is 10.8. The van der Waals surface area contributed by atoms with Crippen LogP contribution >= 0.6 is 0 Å². The van der Waals surface area contributed by atoms with Crippen LogP contribution in [0, 0.1) is 0 Å². The summed E-state index contributed by atoms with van der Waals surface area (Å²) in [6.45, 7) is 1.58. The van der Waals surface area contributed by atoms with Crippen LogP contribution in [0.15, 0.2) is 18.2 Å². The van der Waals surface area contributed by atoms with E-state index in [0.717, 1.165) is 13.1 Å². The number of rotatable bonds is 5. The standard InChI is InChI=1S/C11H17N3O2/c1-14(2)7-6-13-9-5-3-4-8(10(9)12)11(15)16/h3-5,13H,6-7,12H2,1-2H3,(H,15,16). The van der Waals surface area contributed by atoms with Gasteiger partial charge in [0.05, 0.1) is 16.9 Å². The molecule has 0 aliphatic carbocycles. The molecular weight excluding hydrogens is 206 g/mol. The van der Waals surface area contributed by atoms with Gasteiger partial charge in [-0.25, -0.2) is 4.79 Å². The van der Waals surface area contributed by atoms with E-state index >= 15 is 0 Å². The molecule has 0 saturated carbocycles. The van der Waals surface area contributed by atoms with Gasteiger partial charge in [0.15, 0.2) is 0 Å². The zero-order valence-corrected chi connectivity index (χ0v) is 9.53. The van der Waals surface area contributed by atoms with Gasteiger partial charge in [-0.2, -0.15) is 0 Å². The highest BCUT2D eigenvalue weighted by molar-refractivity contribution is 5.97. The van der Waals surface area contributed by atoms with Crippen molar-refractivity contribution in [2.75, 3.05) is 38.2 Å². The van der Waals surface area contributed by atoms with Gasteiger partial charge in [-0.3, -0.25) is 0 Å². The summed E-state index contributed by atoms with van der Waals surface area (Å²) in [5.41, 5.74) is 6.83. The van der Waals surface area contributed by atoms with E-state index in [-0.39, 0.29) is 11.3 Å². The lowest BCUT2D eigenvalue weighted by Gasteiger charge is -2.13. The van der Waals surface area contributed by atoms with Crippen molar-refractivity contribution < 1.29 is 9.90 Å². The van der Waals surface area contributed by atoms with E-state index in [1.54, 1.807) is 12.1 Å². The van der Waals surface area contributed by atoms with Gasteiger partial charge in [0.25, 0.3) is 0 Å². The molecule has 0 aliphatic rings. The number of anilines is 2. The summed E-state index contributed by atoms with van der Waals surface area (Å²) >= 11 is 0. The van der Waals surface area contributed by atoms with Crippen LogP contribution in [0.5, 0.6) is 0 Å². The van der Waals surface area contributed by atoms with Crippen LogP contribution in [0.25, 0.3) is 0 Å². The normalized spacial score (nSPS) is 10.4. The van der Waals surface area contributed by atoms with E-state index < -0.39 is 5.97 Å². The summed E-state index contributed by atoms with van der Waals surface area (Å²) in [5.74, 6) is -1.01. The molecule has 0 unspecified atom stereocenters. The molecule has 5 heteroatoms. The molecular formula is C11H17N3O2. The van der Waals surface area contributed by atoms with Gasteiger partial charge in [0.2, 0.25) is 0 Å². The highest BCUT2D eigenvalue weighted by Crippen LogP contribution is 2.22. The van der Waals surface area contributed by atoms with Crippen LogP contribution in [-0.2, 0) is 0 Å². The first kappa shape index (κ1) is 12.3. The lowest BCUT2D eigenvalue weighted by atomic mass is 10.1. The van der Waals surface area contributed by atoms with Gasteiger partial charge >= 0.3 is 5.97 Å². The van der Waals surface area contributed by atoms with E-state index in [4.69, 9.17) is 10.8 Å². The van der Waals surface area contributed by atoms with Gasteiger partial charge < -0.3 is 21.1 Å². The smallest absolute Gasteiger partial charge is 0.337 e. The maximum atomic E-state index is 10.8. The fourth-order valence-electron chi connectivity index (χ4n) is 1.32. The molecule has 0 saturated heterocycles.